The SMILES string of the molecule is CCc1nn(C)cc1C(N)c1ccc(Cl)cc1. The van der Waals surface area contributed by atoms with Gasteiger partial charge in [-0.2, -0.15) is 5.10 Å². The van der Waals surface area contributed by atoms with Crippen molar-refractivity contribution >= 4 is 11.6 Å². The monoisotopic (exact) mass is 249 g/mol. The average Bonchev–Trinajstić information content (AvgIpc) is 2.70. The lowest BCUT2D eigenvalue weighted by Gasteiger charge is -2.11. The summed E-state index contributed by atoms with van der Waals surface area (Å²) in [5.41, 5.74) is 9.44. The van der Waals surface area contributed by atoms with Crippen molar-refractivity contribution in [3.05, 3.63) is 52.3 Å². The molecule has 0 amide bonds. The Balaban J connectivity index is 2.35. The zero-order chi connectivity index (χ0) is 12.4. The number of hydrogen-bond acceptors (Lipinski definition) is 2. The predicted octanol–water partition coefficient (Wildman–Crippen LogP) is 2.68. The van der Waals surface area contributed by atoms with Gasteiger partial charge in [-0.1, -0.05) is 30.7 Å². The Bertz CT molecular complexity index is 502. The first-order chi connectivity index (χ1) is 8.11. The molecule has 3 nitrogen and oxygen atoms in total. The minimum atomic E-state index is -0.143. The Kier molecular flexibility index (Phi) is 3.50. The third kappa shape index (κ3) is 2.51. The van der Waals surface area contributed by atoms with Crippen LogP contribution in [0.3, 0.4) is 0 Å². The molecule has 0 radical (unpaired) electrons. The number of halogens is 1. The molecule has 90 valence electrons. The first-order valence-corrected chi connectivity index (χ1v) is 6.03. The molecule has 4 heteroatoms. The molecule has 1 aromatic heterocycles. The van der Waals surface area contributed by atoms with Crippen molar-refractivity contribution < 1.29 is 0 Å². The molecule has 0 fully saturated rings. The van der Waals surface area contributed by atoms with Gasteiger partial charge < -0.3 is 5.73 Å². The van der Waals surface area contributed by atoms with Crippen LogP contribution >= 0.6 is 11.6 Å². The number of rotatable bonds is 3. The number of hydrogen-bond donors (Lipinski definition) is 1. The van der Waals surface area contributed by atoms with E-state index in [0.717, 1.165) is 28.3 Å². The maximum Gasteiger partial charge on any atom is 0.0672 e. The number of nitrogens with zero attached hydrogens (tertiary/aromatic N) is 2. The molecule has 1 unspecified atom stereocenters. The molecule has 2 N–H and O–H groups in total. The fourth-order valence-corrected chi connectivity index (χ4v) is 2.06. The van der Waals surface area contributed by atoms with Gasteiger partial charge in [0.2, 0.25) is 0 Å². The van der Waals surface area contributed by atoms with Gasteiger partial charge in [-0.05, 0) is 24.1 Å². The second-order valence-electron chi connectivity index (χ2n) is 4.09. The van der Waals surface area contributed by atoms with Crippen molar-refractivity contribution in [1.29, 1.82) is 0 Å². The minimum absolute atomic E-state index is 0.143. The Morgan fingerprint density at radius 1 is 1.35 bits per heavy atom. The van der Waals surface area contributed by atoms with Crippen molar-refractivity contribution in [2.24, 2.45) is 12.8 Å². The van der Waals surface area contributed by atoms with Crippen LogP contribution in [0, 0.1) is 0 Å². The van der Waals surface area contributed by atoms with E-state index in [4.69, 9.17) is 17.3 Å². The van der Waals surface area contributed by atoms with Crippen LogP contribution in [0.4, 0.5) is 0 Å². The maximum atomic E-state index is 6.26. The first kappa shape index (κ1) is 12.1. The van der Waals surface area contributed by atoms with Gasteiger partial charge in [0, 0.05) is 23.8 Å². The molecule has 1 atom stereocenters. The summed E-state index contributed by atoms with van der Waals surface area (Å²) in [5.74, 6) is 0. The molecule has 2 aromatic rings. The van der Waals surface area contributed by atoms with E-state index >= 15 is 0 Å². The van der Waals surface area contributed by atoms with Gasteiger partial charge in [0.1, 0.15) is 0 Å². The van der Waals surface area contributed by atoms with Gasteiger partial charge in [0.25, 0.3) is 0 Å². The molecule has 1 aromatic carbocycles. The molecule has 0 aliphatic rings. The van der Waals surface area contributed by atoms with Gasteiger partial charge in [-0.25, -0.2) is 0 Å². The van der Waals surface area contributed by atoms with Crippen LogP contribution in [0.1, 0.15) is 29.8 Å². The molecule has 17 heavy (non-hydrogen) atoms. The summed E-state index contributed by atoms with van der Waals surface area (Å²) in [5, 5.41) is 5.13. The molecule has 0 aliphatic heterocycles. The summed E-state index contributed by atoms with van der Waals surface area (Å²) >= 11 is 5.87. The molecule has 1 heterocycles. The van der Waals surface area contributed by atoms with Crippen molar-refractivity contribution in [1.82, 2.24) is 9.78 Å². The van der Waals surface area contributed by atoms with E-state index in [1.165, 1.54) is 0 Å². The molecular weight excluding hydrogens is 234 g/mol. The van der Waals surface area contributed by atoms with Crippen molar-refractivity contribution in [2.75, 3.05) is 0 Å². The zero-order valence-electron chi connectivity index (χ0n) is 10.0. The van der Waals surface area contributed by atoms with Crippen molar-refractivity contribution in [2.45, 2.75) is 19.4 Å². The van der Waals surface area contributed by atoms with Crippen molar-refractivity contribution in [3.8, 4) is 0 Å². The number of aryl methyl sites for hydroxylation is 2. The van der Waals surface area contributed by atoms with E-state index in [9.17, 15) is 0 Å². The van der Waals surface area contributed by atoms with Gasteiger partial charge in [0.15, 0.2) is 0 Å². The highest BCUT2D eigenvalue weighted by molar-refractivity contribution is 6.30. The Morgan fingerprint density at radius 2 is 2.00 bits per heavy atom. The summed E-state index contributed by atoms with van der Waals surface area (Å²) in [6.07, 6.45) is 2.87. The zero-order valence-corrected chi connectivity index (χ0v) is 10.8. The van der Waals surface area contributed by atoms with Crippen molar-refractivity contribution in [3.63, 3.8) is 0 Å². The van der Waals surface area contributed by atoms with Crippen LogP contribution in [-0.4, -0.2) is 9.78 Å². The maximum absolute atomic E-state index is 6.26. The molecule has 0 spiro atoms. The number of benzene rings is 1. The average molecular weight is 250 g/mol. The van der Waals surface area contributed by atoms with E-state index in [1.54, 1.807) is 0 Å². The summed E-state index contributed by atoms with van der Waals surface area (Å²) in [6.45, 7) is 2.08. The Morgan fingerprint density at radius 3 is 2.59 bits per heavy atom. The summed E-state index contributed by atoms with van der Waals surface area (Å²) in [4.78, 5) is 0. The predicted molar refractivity (Wildman–Crippen MR) is 70.1 cm³/mol. The van der Waals surface area contributed by atoms with Gasteiger partial charge in [-0.3, -0.25) is 4.68 Å². The molecule has 2 rings (SSSR count). The standard InChI is InChI=1S/C13H16ClN3/c1-3-12-11(8-17(2)16-12)13(15)9-4-6-10(14)7-5-9/h4-8,13H,3,15H2,1-2H3. The lowest BCUT2D eigenvalue weighted by Crippen LogP contribution is -2.12. The Hall–Kier alpha value is -1.32. The number of aromatic nitrogens is 2. The lowest BCUT2D eigenvalue weighted by molar-refractivity contribution is 0.746. The van der Waals surface area contributed by atoms with Crippen LogP contribution < -0.4 is 5.73 Å². The smallest absolute Gasteiger partial charge is 0.0672 e. The fraction of sp³-hybridized carbons (Fsp3) is 0.308. The fourth-order valence-electron chi connectivity index (χ4n) is 1.94. The third-order valence-corrected chi connectivity index (χ3v) is 3.09. The van der Waals surface area contributed by atoms with E-state index < -0.39 is 0 Å². The van der Waals surface area contributed by atoms with Crippen LogP contribution in [0.2, 0.25) is 5.02 Å². The Labute approximate surface area is 106 Å². The highest BCUT2D eigenvalue weighted by Gasteiger charge is 2.15. The summed E-state index contributed by atoms with van der Waals surface area (Å²) in [6, 6.07) is 7.49. The molecular formula is C13H16ClN3. The van der Waals surface area contributed by atoms with Crippen LogP contribution in [0.5, 0.6) is 0 Å². The molecule has 0 saturated heterocycles. The second kappa shape index (κ2) is 4.90. The van der Waals surface area contributed by atoms with Gasteiger partial charge in [-0.15, -0.1) is 0 Å². The highest BCUT2D eigenvalue weighted by Crippen LogP contribution is 2.23. The molecule has 0 aliphatic carbocycles. The molecule has 0 saturated carbocycles. The molecule has 0 bridgehead atoms. The van der Waals surface area contributed by atoms with E-state index in [1.807, 2.05) is 42.2 Å². The largest absolute Gasteiger partial charge is 0.320 e. The van der Waals surface area contributed by atoms with E-state index in [-0.39, 0.29) is 6.04 Å². The van der Waals surface area contributed by atoms with Crippen LogP contribution in [0.25, 0.3) is 0 Å². The second-order valence-corrected chi connectivity index (χ2v) is 4.52. The number of nitrogens with two attached hydrogens (primary N) is 1. The van der Waals surface area contributed by atoms with E-state index in [0.29, 0.717) is 0 Å². The first-order valence-electron chi connectivity index (χ1n) is 5.65. The van der Waals surface area contributed by atoms with Gasteiger partial charge >= 0.3 is 0 Å². The van der Waals surface area contributed by atoms with Crippen LogP contribution in [-0.2, 0) is 13.5 Å². The summed E-state index contributed by atoms with van der Waals surface area (Å²) in [7, 11) is 1.91. The highest BCUT2D eigenvalue weighted by atomic mass is 35.5. The lowest BCUT2D eigenvalue weighted by atomic mass is 9.99. The van der Waals surface area contributed by atoms with Gasteiger partial charge in [0.05, 0.1) is 11.7 Å². The van der Waals surface area contributed by atoms with E-state index in [2.05, 4.69) is 12.0 Å². The topological polar surface area (TPSA) is 43.8 Å². The quantitative estimate of drug-likeness (QED) is 0.909. The third-order valence-electron chi connectivity index (χ3n) is 2.84. The summed E-state index contributed by atoms with van der Waals surface area (Å²) < 4.78 is 1.81. The normalized spacial score (nSPS) is 12.7. The van der Waals surface area contributed by atoms with Crippen LogP contribution in [0.15, 0.2) is 30.5 Å². The minimum Gasteiger partial charge on any atom is -0.320 e.